The average molecular weight is 449 g/mol. The van der Waals surface area contributed by atoms with Gasteiger partial charge in [0.2, 0.25) is 5.82 Å². The Labute approximate surface area is 179 Å². The molecule has 1 N–H and O–H groups in total. The van der Waals surface area contributed by atoms with Gasteiger partial charge in [-0.3, -0.25) is 4.79 Å². The van der Waals surface area contributed by atoms with Gasteiger partial charge in [-0.1, -0.05) is 17.3 Å². The van der Waals surface area contributed by atoms with Crippen LogP contribution in [-0.4, -0.2) is 47.2 Å². The van der Waals surface area contributed by atoms with E-state index in [1.807, 2.05) is 19.1 Å². The number of sulfonamides is 1. The van der Waals surface area contributed by atoms with E-state index in [1.54, 1.807) is 30.7 Å². The second kappa shape index (κ2) is 9.71. The minimum absolute atomic E-state index is 0.105. The van der Waals surface area contributed by atoms with Crippen LogP contribution >= 0.6 is 0 Å². The highest BCUT2D eigenvalue weighted by Crippen LogP contribution is 2.27. The smallest absolute Gasteiger partial charge is 0.307 e. The molecule has 0 saturated heterocycles. The van der Waals surface area contributed by atoms with Gasteiger partial charge in [0.25, 0.3) is 15.9 Å². The van der Waals surface area contributed by atoms with Gasteiger partial charge < -0.3 is 18.6 Å². The van der Waals surface area contributed by atoms with E-state index in [0.29, 0.717) is 29.6 Å². The summed E-state index contributed by atoms with van der Waals surface area (Å²) < 4.78 is 44.0. The van der Waals surface area contributed by atoms with Gasteiger partial charge in [0, 0.05) is 19.8 Å². The Morgan fingerprint density at radius 1 is 1.26 bits per heavy atom. The predicted molar refractivity (Wildman–Crippen MR) is 108 cm³/mol. The summed E-state index contributed by atoms with van der Waals surface area (Å²) in [6.07, 6.45) is 1.23. The first-order valence-electron chi connectivity index (χ1n) is 9.50. The number of carbonyl (C=O) groups is 1. The molecule has 0 amide bonds. The number of rotatable bonds is 10. The van der Waals surface area contributed by atoms with Crippen LogP contribution in [-0.2, 0) is 33.2 Å². The van der Waals surface area contributed by atoms with Crippen molar-refractivity contribution in [3.63, 3.8) is 0 Å². The molecule has 0 fully saturated rings. The summed E-state index contributed by atoms with van der Waals surface area (Å²) >= 11 is 0. The normalized spacial score (nSPS) is 11.5. The van der Waals surface area contributed by atoms with Crippen LogP contribution in [0.15, 0.2) is 40.0 Å². The number of nitrogens with zero attached hydrogens (tertiary/aromatic N) is 4. The lowest BCUT2D eigenvalue weighted by molar-refractivity contribution is -0.145. The maximum atomic E-state index is 12.2. The number of carbonyl (C=O) groups excluding carboxylic acids is 1. The minimum Gasteiger partial charge on any atom is -0.493 e. The van der Waals surface area contributed by atoms with Gasteiger partial charge in [-0.05, 0) is 26.0 Å². The number of aryl methyl sites for hydroxylation is 2. The van der Waals surface area contributed by atoms with Gasteiger partial charge in [0.15, 0.2) is 11.6 Å². The molecule has 0 aliphatic rings. The summed E-state index contributed by atoms with van der Waals surface area (Å²) in [4.78, 5) is 20.1. The fourth-order valence-corrected chi connectivity index (χ4v) is 3.66. The van der Waals surface area contributed by atoms with Gasteiger partial charge >= 0.3 is 5.97 Å². The maximum absolute atomic E-state index is 12.2. The third-order valence-electron chi connectivity index (χ3n) is 4.24. The molecule has 0 unspecified atom stereocenters. The van der Waals surface area contributed by atoms with E-state index in [1.165, 1.54) is 6.20 Å². The molecule has 166 valence electrons. The molecule has 12 heteroatoms. The van der Waals surface area contributed by atoms with Crippen molar-refractivity contribution in [3.05, 3.63) is 42.2 Å². The lowest BCUT2D eigenvalue weighted by Gasteiger charge is -2.06. The highest BCUT2D eigenvalue weighted by molar-refractivity contribution is 7.89. The number of benzene rings is 1. The fraction of sp³-hybridized carbons (Fsp3) is 0.368. The Morgan fingerprint density at radius 2 is 2.03 bits per heavy atom. The molecular formula is C19H23N5O6S. The zero-order chi connectivity index (χ0) is 22.4. The monoisotopic (exact) mass is 449 g/mol. The second-order valence-electron chi connectivity index (χ2n) is 6.49. The van der Waals surface area contributed by atoms with Crippen molar-refractivity contribution < 1.29 is 27.2 Å². The van der Waals surface area contributed by atoms with Crippen molar-refractivity contribution in [2.45, 2.75) is 31.9 Å². The van der Waals surface area contributed by atoms with Crippen molar-refractivity contribution in [2.75, 3.05) is 13.2 Å². The molecule has 11 nitrogen and oxygen atoms in total. The standard InChI is InChI=1S/C19H23N5O6S/c1-4-28-15-8-6-5-7-14(15)19-22-16(30-23-19)12-29-18(25)9-10-20-31(26,27)17-11-24(3)13(2)21-17/h5-8,11,20H,4,9-10,12H2,1-3H3. The lowest BCUT2D eigenvalue weighted by Crippen LogP contribution is -2.27. The Balaban J connectivity index is 1.49. The first-order chi connectivity index (χ1) is 14.8. The van der Waals surface area contributed by atoms with E-state index < -0.39 is 16.0 Å². The molecule has 0 saturated carbocycles. The van der Waals surface area contributed by atoms with Crippen molar-refractivity contribution in [2.24, 2.45) is 7.05 Å². The SMILES string of the molecule is CCOc1ccccc1-c1noc(COC(=O)CCNS(=O)(=O)c2cn(C)c(C)n2)n1. The fourth-order valence-electron chi connectivity index (χ4n) is 2.59. The molecule has 0 spiro atoms. The van der Waals surface area contributed by atoms with Crippen molar-refractivity contribution in [1.82, 2.24) is 24.4 Å². The molecular weight excluding hydrogens is 426 g/mol. The summed E-state index contributed by atoms with van der Waals surface area (Å²) in [6, 6.07) is 7.24. The van der Waals surface area contributed by atoms with Crippen LogP contribution in [0.1, 0.15) is 25.1 Å². The minimum atomic E-state index is -3.80. The van der Waals surface area contributed by atoms with Crippen LogP contribution in [0, 0.1) is 6.92 Å². The Morgan fingerprint density at radius 3 is 2.74 bits per heavy atom. The van der Waals surface area contributed by atoms with Crippen molar-refractivity contribution in [3.8, 4) is 17.1 Å². The zero-order valence-electron chi connectivity index (χ0n) is 17.4. The summed E-state index contributed by atoms with van der Waals surface area (Å²) in [7, 11) is -2.11. The number of hydrogen-bond donors (Lipinski definition) is 1. The van der Waals surface area contributed by atoms with Gasteiger partial charge in [-0.25, -0.2) is 18.1 Å². The predicted octanol–water partition coefficient (Wildman–Crippen LogP) is 1.59. The van der Waals surface area contributed by atoms with E-state index >= 15 is 0 Å². The van der Waals surface area contributed by atoms with Crippen LogP contribution in [0.25, 0.3) is 11.4 Å². The van der Waals surface area contributed by atoms with E-state index in [4.69, 9.17) is 14.0 Å². The molecule has 3 rings (SSSR count). The summed E-state index contributed by atoms with van der Waals surface area (Å²) in [5, 5.41) is 3.78. The number of esters is 1. The molecule has 2 heterocycles. The van der Waals surface area contributed by atoms with Crippen LogP contribution in [0.2, 0.25) is 0 Å². The van der Waals surface area contributed by atoms with Crippen LogP contribution in [0.3, 0.4) is 0 Å². The van der Waals surface area contributed by atoms with Gasteiger partial charge in [-0.15, -0.1) is 0 Å². The molecule has 0 bridgehead atoms. The Hall–Kier alpha value is -3.25. The van der Waals surface area contributed by atoms with Crippen molar-refractivity contribution >= 4 is 16.0 Å². The topological polar surface area (TPSA) is 138 Å². The molecule has 31 heavy (non-hydrogen) atoms. The molecule has 3 aromatic rings. The zero-order valence-corrected chi connectivity index (χ0v) is 18.2. The molecule has 0 radical (unpaired) electrons. The van der Waals surface area contributed by atoms with Crippen LogP contribution in [0.5, 0.6) is 5.75 Å². The lowest BCUT2D eigenvalue weighted by atomic mass is 10.2. The number of ether oxygens (including phenoxy) is 2. The van der Waals surface area contributed by atoms with E-state index in [0.717, 1.165) is 0 Å². The highest BCUT2D eigenvalue weighted by Gasteiger charge is 2.19. The number of aromatic nitrogens is 4. The number of nitrogens with one attached hydrogen (secondary N) is 1. The van der Waals surface area contributed by atoms with E-state index in [9.17, 15) is 13.2 Å². The Kier molecular flexibility index (Phi) is 7.02. The first kappa shape index (κ1) is 22.4. The molecule has 0 aliphatic heterocycles. The third kappa shape index (κ3) is 5.67. The largest absolute Gasteiger partial charge is 0.493 e. The van der Waals surface area contributed by atoms with Crippen molar-refractivity contribution in [1.29, 1.82) is 0 Å². The van der Waals surface area contributed by atoms with E-state index in [2.05, 4.69) is 19.8 Å². The molecule has 0 atom stereocenters. The molecule has 0 aliphatic carbocycles. The summed E-state index contributed by atoms with van der Waals surface area (Å²) in [5.74, 6) is 0.981. The second-order valence-corrected chi connectivity index (χ2v) is 8.20. The number of para-hydroxylation sites is 1. The quantitative estimate of drug-likeness (QED) is 0.457. The Bertz CT molecular complexity index is 1130. The number of hydrogen-bond acceptors (Lipinski definition) is 9. The molecule has 2 aromatic heterocycles. The molecule has 1 aromatic carbocycles. The highest BCUT2D eigenvalue weighted by atomic mass is 32.2. The van der Waals surface area contributed by atoms with Crippen LogP contribution in [0.4, 0.5) is 0 Å². The average Bonchev–Trinajstić information content (AvgIpc) is 3.34. The van der Waals surface area contributed by atoms with Gasteiger partial charge in [0.05, 0.1) is 18.6 Å². The third-order valence-corrected chi connectivity index (χ3v) is 5.57. The summed E-state index contributed by atoms with van der Waals surface area (Å²) in [5.41, 5.74) is 0.657. The van der Waals surface area contributed by atoms with Gasteiger partial charge in [0.1, 0.15) is 11.6 Å². The first-order valence-corrected chi connectivity index (χ1v) is 11.0. The van der Waals surface area contributed by atoms with Gasteiger partial charge in [-0.2, -0.15) is 4.98 Å². The number of imidazole rings is 1. The van der Waals surface area contributed by atoms with Crippen LogP contribution < -0.4 is 9.46 Å². The maximum Gasteiger partial charge on any atom is 0.307 e. The summed E-state index contributed by atoms with van der Waals surface area (Å²) in [6.45, 7) is 3.69. The van der Waals surface area contributed by atoms with E-state index in [-0.39, 0.29) is 30.5 Å².